The third-order valence-corrected chi connectivity index (χ3v) is 5.53. The van der Waals surface area contributed by atoms with Gasteiger partial charge in [-0.15, -0.1) is 0 Å². The van der Waals surface area contributed by atoms with Gasteiger partial charge in [0.15, 0.2) is 0 Å². The van der Waals surface area contributed by atoms with Gasteiger partial charge in [-0.2, -0.15) is 0 Å². The first-order valence-corrected chi connectivity index (χ1v) is 10.6. The van der Waals surface area contributed by atoms with Gasteiger partial charge < -0.3 is 0 Å². The molecule has 0 aliphatic carbocycles. The van der Waals surface area contributed by atoms with Crippen molar-refractivity contribution in [3.05, 3.63) is 70.5 Å². The summed E-state index contributed by atoms with van der Waals surface area (Å²) in [4.78, 5) is 5.12. The Morgan fingerprint density at radius 3 is 2.07 bits per heavy atom. The van der Waals surface area contributed by atoms with Crippen LogP contribution in [0.2, 0.25) is 0 Å². The highest BCUT2D eigenvalue weighted by atomic mass is 15.1. The van der Waals surface area contributed by atoms with Crippen molar-refractivity contribution in [3.8, 4) is 17.1 Å². The van der Waals surface area contributed by atoms with Gasteiger partial charge in [0.25, 0.3) is 0 Å². The standard InChI is InChI=1S/C27H36N2/c1-18-11-10-12-22(16-18)25-28-21(4)24(27(8,9)17-26(5,6)7)29(25)23-14-13-19(2)15-20(23)3/h10-16H,17H2,1-9H3. The van der Waals surface area contributed by atoms with Crippen LogP contribution < -0.4 is 0 Å². The molecule has 0 spiro atoms. The molecule has 0 aliphatic heterocycles. The summed E-state index contributed by atoms with van der Waals surface area (Å²) in [5, 5.41) is 0. The molecule has 0 unspecified atom stereocenters. The quantitative estimate of drug-likeness (QED) is 0.453. The molecule has 3 aromatic rings. The van der Waals surface area contributed by atoms with E-state index in [0.29, 0.717) is 0 Å². The fourth-order valence-electron chi connectivity index (χ4n) is 5.00. The Morgan fingerprint density at radius 2 is 1.48 bits per heavy atom. The molecule has 1 heterocycles. The molecule has 1 aromatic heterocycles. The van der Waals surface area contributed by atoms with Crippen molar-refractivity contribution in [2.45, 2.75) is 74.1 Å². The second-order valence-corrected chi connectivity index (χ2v) is 10.5. The lowest BCUT2D eigenvalue weighted by Gasteiger charge is -2.34. The fourth-order valence-corrected chi connectivity index (χ4v) is 5.00. The predicted molar refractivity (Wildman–Crippen MR) is 125 cm³/mol. The van der Waals surface area contributed by atoms with Gasteiger partial charge in [-0.25, -0.2) is 4.98 Å². The minimum Gasteiger partial charge on any atom is -0.296 e. The lowest BCUT2D eigenvalue weighted by Crippen LogP contribution is -2.28. The first-order valence-electron chi connectivity index (χ1n) is 10.6. The molecule has 0 radical (unpaired) electrons. The first kappa shape index (κ1) is 21.4. The summed E-state index contributed by atoms with van der Waals surface area (Å²) in [5.74, 6) is 1.04. The number of hydrogen-bond donors (Lipinski definition) is 0. The van der Waals surface area contributed by atoms with Gasteiger partial charge in [-0.3, -0.25) is 4.57 Å². The molecule has 0 N–H and O–H groups in total. The zero-order valence-electron chi connectivity index (χ0n) is 19.6. The lowest BCUT2D eigenvalue weighted by atomic mass is 9.73. The van der Waals surface area contributed by atoms with Crippen molar-refractivity contribution in [3.63, 3.8) is 0 Å². The normalized spacial score (nSPS) is 12.4. The molecule has 0 saturated heterocycles. The second kappa shape index (κ2) is 7.48. The van der Waals surface area contributed by atoms with E-state index in [0.717, 1.165) is 17.9 Å². The van der Waals surface area contributed by atoms with Crippen molar-refractivity contribution < 1.29 is 0 Å². The zero-order chi connectivity index (χ0) is 21.6. The minimum atomic E-state index is -0.00522. The van der Waals surface area contributed by atoms with Crippen molar-refractivity contribution in [1.82, 2.24) is 9.55 Å². The number of aromatic nitrogens is 2. The Labute approximate surface area is 177 Å². The molecular formula is C27H36N2. The van der Waals surface area contributed by atoms with Gasteiger partial charge in [0, 0.05) is 11.0 Å². The van der Waals surface area contributed by atoms with E-state index in [2.05, 4.69) is 109 Å². The molecule has 2 aromatic carbocycles. The second-order valence-electron chi connectivity index (χ2n) is 10.5. The van der Waals surface area contributed by atoms with E-state index in [-0.39, 0.29) is 10.8 Å². The third-order valence-electron chi connectivity index (χ3n) is 5.53. The molecule has 29 heavy (non-hydrogen) atoms. The monoisotopic (exact) mass is 388 g/mol. The summed E-state index contributed by atoms with van der Waals surface area (Å²) in [6.45, 7) is 20.4. The number of imidazole rings is 1. The molecule has 3 rings (SSSR count). The summed E-state index contributed by atoms with van der Waals surface area (Å²) in [5.41, 5.74) is 8.89. The number of hydrogen-bond acceptors (Lipinski definition) is 1. The van der Waals surface area contributed by atoms with Gasteiger partial charge in [0.2, 0.25) is 0 Å². The molecule has 0 fully saturated rings. The van der Waals surface area contributed by atoms with E-state index in [1.807, 2.05) is 0 Å². The van der Waals surface area contributed by atoms with Gasteiger partial charge in [0.05, 0.1) is 17.1 Å². The summed E-state index contributed by atoms with van der Waals surface area (Å²) in [7, 11) is 0. The van der Waals surface area contributed by atoms with Crippen LogP contribution in [0.25, 0.3) is 17.1 Å². The number of benzene rings is 2. The van der Waals surface area contributed by atoms with E-state index in [9.17, 15) is 0 Å². The van der Waals surface area contributed by atoms with Crippen LogP contribution in [0.15, 0.2) is 42.5 Å². The molecule has 0 amide bonds. The highest BCUT2D eigenvalue weighted by molar-refractivity contribution is 5.63. The molecule has 2 nitrogen and oxygen atoms in total. The Hall–Kier alpha value is -2.35. The summed E-state index contributed by atoms with van der Waals surface area (Å²) in [6.07, 6.45) is 1.09. The van der Waals surface area contributed by atoms with Crippen LogP contribution in [0.4, 0.5) is 0 Å². The molecule has 0 aliphatic rings. The molecule has 2 heteroatoms. The fraction of sp³-hybridized carbons (Fsp3) is 0.444. The summed E-state index contributed by atoms with van der Waals surface area (Å²) >= 11 is 0. The Kier molecular flexibility index (Phi) is 5.51. The highest BCUT2D eigenvalue weighted by Crippen LogP contribution is 2.41. The Balaban J connectivity index is 2.35. The molecule has 0 atom stereocenters. The Bertz CT molecular complexity index is 1030. The number of nitrogens with zero attached hydrogens (tertiary/aromatic N) is 2. The van der Waals surface area contributed by atoms with Crippen LogP contribution in [-0.4, -0.2) is 9.55 Å². The van der Waals surface area contributed by atoms with Crippen molar-refractivity contribution >= 4 is 0 Å². The van der Waals surface area contributed by atoms with E-state index < -0.39 is 0 Å². The van der Waals surface area contributed by atoms with Crippen LogP contribution in [0.1, 0.15) is 69.1 Å². The average molecular weight is 389 g/mol. The van der Waals surface area contributed by atoms with Gasteiger partial charge in [-0.1, -0.05) is 76.1 Å². The summed E-state index contributed by atoms with van der Waals surface area (Å²) in [6, 6.07) is 15.4. The predicted octanol–water partition coefficient (Wildman–Crippen LogP) is 7.49. The van der Waals surface area contributed by atoms with Crippen molar-refractivity contribution in [1.29, 1.82) is 0 Å². The van der Waals surface area contributed by atoms with Gasteiger partial charge in [-0.05, 0) is 57.2 Å². The van der Waals surface area contributed by atoms with Gasteiger partial charge >= 0.3 is 0 Å². The maximum absolute atomic E-state index is 5.12. The Morgan fingerprint density at radius 1 is 0.828 bits per heavy atom. The van der Waals surface area contributed by atoms with E-state index in [1.54, 1.807) is 0 Å². The third kappa shape index (κ3) is 4.47. The maximum atomic E-state index is 5.12. The molecular weight excluding hydrogens is 352 g/mol. The average Bonchev–Trinajstić information content (AvgIpc) is 2.90. The largest absolute Gasteiger partial charge is 0.296 e. The van der Waals surface area contributed by atoms with Crippen molar-refractivity contribution in [2.24, 2.45) is 5.41 Å². The number of rotatable bonds is 4. The van der Waals surface area contributed by atoms with E-state index in [4.69, 9.17) is 4.98 Å². The van der Waals surface area contributed by atoms with Crippen LogP contribution >= 0.6 is 0 Å². The molecule has 0 bridgehead atoms. The lowest BCUT2D eigenvalue weighted by molar-refractivity contribution is 0.277. The van der Waals surface area contributed by atoms with Crippen LogP contribution in [0, 0.1) is 33.1 Å². The molecule has 154 valence electrons. The SMILES string of the molecule is Cc1cccc(-c2nc(C)c(C(C)(C)CC(C)(C)C)n2-c2ccc(C)cc2C)c1. The van der Waals surface area contributed by atoms with Crippen LogP contribution in [0.3, 0.4) is 0 Å². The highest BCUT2D eigenvalue weighted by Gasteiger charge is 2.34. The molecule has 0 saturated carbocycles. The van der Waals surface area contributed by atoms with E-state index >= 15 is 0 Å². The van der Waals surface area contributed by atoms with E-state index in [1.165, 1.54) is 33.6 Å². The maximum Gasteiger partial charge on any atom is 0.145 e. The smallest absolute Gasteiger partial charge is 0.145 e. The van der Waals surface area contributed by atoms with Crippen molar-refractivity contribution in [2.75, 3.05) is 0 Å². The van der Waals surface area contributed by atoms with Gasteiger partial charge in [0.1, 0.15) is 5.82 Å². The minimum absolute atomic E-state index is 0.00522. The van der Waals surface area contributed by atoms with Crippen LogP contribution in [-0.2, 0) is 5.41 Å². The topological polar surface area (TPSA) is 17.8 Å². The summed E-state index contributed by atoms with van der Waals surface area (Å²) < 4.78 is 2.42. The van der Waals surface area contributed by atoms with Crippen LogP contribution in [0.5, 0.6) is 0 Å². The first-order chi connectivity index (χ1) is 13.4. The zero-order valence-corrected chi connectivity index (χ0v) is 19.6. The number of aryl methyl sites for hydroxylation is 4.